The fourth-order valence-corrected chi connectivity index (χ4v) is 4.24. The van der Waals surface area contributed by atoms with Gasteiger partial charge in [0.25, 0.3) is 10.0 Å². The fraction of sp³-hybridized carbons (Fsp3) is 0.250. The highest BCUT2D eigenvalue weighted by atomic mass is 79.9. The Labute approximate surface area is 129 Å². The van der Waals surface area contributed by atoms with Crippen molar-refractivity contribution in [3.8, 4) is 0 Å². The predicted molar refractivity (Wildman–Crippen MR) is 82.5 cm³/mol. The van der Waals surface area contributed by atoms with E-state index >= 15 is 0 Å². The minimum absolute atomic E-state index is 0.165. The Kier molecular flexibility index (Phi) is 4.48. The predicted octanol–water partition coefficient (Wildman–Crippen LogP) is 2.82. The monoisotopic (exact) mass is 376 g/mol. The van der Waals surface area contributed by atoms with E-state index in [9.17, 15) is 8.42 Å². The minimum Gasteiger partial charge on any atom is -0.391 e. The number of rotatable bonds is 4. The summed E-state index contributed by atoms with van der Waals surface area (Å²) in [4.78, 5) is 4.79. The van der Waals surface area contributed by atoms with Crippen LogP contribution in [-0.2, 0) is 16.6 Å². The molecule has 2 heterocycles. The van der Waals surface area contributed by atoms with E-state index in [0.29, 0.717) is 10.6 Å². The summed E-state index contributed by atoms with van der Waals surface area (Å²) >= 11 is 4.37. The summed E-state index contributed by atoms with van der Waals surface area (Å²) in [7, 11) is -3.68. The molecule has 0 saturated heterocycles. The fourth-order valence-electron chi connectivity index (χ4n) is 1.57. The second-order valence-electron chi connectivity index (χ2n) is 4.20. The van der Waals surface area contributed by atoms with Crippen molar-refractivity contribution in [2.45, 2.75) is 24.7 Å². The summed E-state index contributed by atoms with van der Waals surface area (Å²) < 4.78 is 27.9. The van der Waals surface area contributed by atoms with Crippen LogP contribution in [0, 0.1) is 13.8 Å². The smallest absolute Gasteiger partial charge is 0.272 e. The van der Waals surface area contributed by atoms with Gasteiger partial charge < -0.3 is 5.11 Å². The molecular weight excluding hydrogens is 364 g/mol. The molecule has 0 bridgehead atoms. The lowest BCUT2D eigenvalue weighted by Crippen LogP contribution is -2.12. The second kappa shape index (κ2) is 5.80. The number of pyridine rings is 1. The molecule has 0 aliphatic rings. The lowest BCUT2D eigenvalue weighted by Gasteiger charge is -2.06. The Bertz CT molecular complexity index is 741. The maximum atomic E-state index is 12.2. The number of aromatic nitrogens is 1. The first-order chi connectivity index (χ1) is 9.33. The van der Waals surface area contributed by atoms with Gasteiger partial charge in [0.2, 0.25) is 0 Å². The molecular formula is C12H13BrN2O3S2. The van der Waals surface area contributed by atoms with Crippen molar-refractivity contribution in [2.24, 2.45) is 0 Å². The standard InChI is InChI=1S/C12H13BrN2O3S2/c1-7-5-12(19-10(7)6-16)20(17,18)15-11-4-3-9(13)8(2)14-11/h3-5,16H,6H2,1-2H3,(H,14,15). The van der Waals surface area contributed by atoms with E-state index in [4.69, 9.17) is 5.11 Å². The number of nitrogens with zero attached hydrogens (tertiary/aromatic N) is 1. The maximum absolute atomic E-state index is 12.2. The number of aliphatic hydroxyl groups excluding tert-OH is 1. The highest BCUT2D eigenvalue weighted by Crippen LogP contribution is 2.27. The van der Waals surface area contributed by atoms with Crippen molar-refractivity contribution in [1.29, 1.82) is 0 Å². The molecule has 0 amide bonds. The first kappa shape index (κ1) is 15.4. The summed E-state index contributed by atoms with van der Waals surface area (Å²) in [5, 5.41) is 9.13. The van der Waals surface area contributed by atoms with Crippen LogP contribution in [0.1, 0.15) is 16.1 Å². The molecule has 0 fully saturated rings. The summed E-state index contributed by atoms with van der Waals surface area (Å²) in [6.07, 6.45) is 0. The van der Waals surface area contributed by atoms with Gasteiger partial charge in [-0.15, -0.1) is 11.3 Å². The first-order valence-electron chi connectivity index (χ1n) is 5.69. The van der Waals surface area contributed by atoms with Gasteiger partial charge in [0, 0.05) is 9.35 Å². The zero-order valence-corrected chi connectivity index (χ0v) is 14.1. The van der Waals surface area contributed by atoms with Gasteiger partial charge in [0.15, 0.2) is 0 Å². The van der Waals surface area contributed by atoms with Gasteiger partial charge in [-0.3, -0.25) is 4.72 Å². The number of hydrogen-bond donors (Lipinski definition) is 2. The van der Waals surface area contributed by atoms with Gasteiger partial charge >= 0.3 is 0 Å². The van der Waals surface area contributed by atoms with E-state index in [1.165, 1.54) is 0 Å². The SMILES string of the molecule is Cc1cc(S(=O)(=O)Nc2ccc(Br)c(C)n2)sc1CO. The van der Waals surface area contributed by atoms with Gasteiger partial charge in [0.1, 0.15) is 10.0 Å². The highest BCUT2D eigenvalue weighted by Gasteiger charge is 2.19. The number of thiophene rings is 1. The number of sulfonamides is 1. The van der Waals surface area contributed by atoms with Gasteiger partial charge in [-0.2, -0.15) is 0 Å². The summed E-state index contributed by atoms with van der Waals surface area (Å²) in [5.41, 5.74) is 1.46. The lowest BCUT2D eigenvalue weighted by molar-refractivity contribution is 0.285. The molecule has 0 aliphatic heterocycles. The molecule has 2 N–H and O–H groups in total. The molecule has 0 saturated carbocycles. The first-order valence-corrected chi connectivity index (χ1v) is 8.79. The zero-order chi connectivity index (χ0) is 14.9. The van der Waals surface area contributed by atoms with Gasteiger partial charge in [-0.1, -0.05) is 0 Å². The molecule has 2 rings (SSSR count). The number of hydrogen-bond acceptors (Lipinski definition) is 5. The number of aryl methyl sites for hydroxylation is 2. The van der Waals surface area contributed by atoms with Crippen molar-refractivity contribution in [1.82, 2.24) is 4.98 Å². The van der Waals surface area contributed by atoms with Crippen LogP contribution < -0.4 is 4.72 Å². The van der Waals surface area contributed by atoms with Crippen molar-refractivity contribution < 1.29 is 13.5 Å². The number of aliphatic hydroxyl groups is 1. The summed E-state index contributed by atoms with van der Waals surface area (Å²) in [6.45, 7) is 3.38. The Hall–Kier alpha value is -0.960. The minimum atomic E-state index is -3.68. The van der Waals surface area contributed by atoms with Gasteiger partial charge in [0.05, 0.1) is 12.3 Å². The van der Waals surface area contributed by atoms with E-state index in [1.807, 2.05) is 0 Å². The Morgan fingerprint density at radius 2 is 2.10 bits per heavy atom. The van der Waals surface area contributed by atoms with Crippen LogP contribution in [0.5, 0.6) is 0 Å². The Morgan fingerprint density at radius 1 is 1.40 bits per heavy atom. The number of nitrogens with one attached hydrogen (secondary N) is 1. The average Bonchev–Trinajstić information content (AvgIpc) is 2.76. The summed E-state index contributed by atoms with van der Waals surface area (Å²) in [5.74, 6) is 0.266. The summed E-state index contributed by atoms with van der Waals surface area (Å²) in [6, 6.07) is 4.87. The second-order valence-corrected chi connectivity index (χ2v) is 8.10. The molecule has 0 unspecified atom stereocenters. The van der Waals surface area contributed by atoms with Gasteiger partial charge in [-0.05, 0) is 53.5 Å². The van der Waals surface area contributed by atoms with Crippen LogP contribution in [0.3, 0.4) is 0 Å². The molecule has 0 spiro atoms. The largest absolute Gasteiger partial charge is 0.391 e. The van der Waals surface area contributed by atoms with Crippen molar-refractivity contribution >= 4 is 43.1 Å². The van der Waals surface area contributed by atoms with Crippen molar-refractivity contribution in [3.05, 3.63) is 38.8 Å². The molecule has 5 nitrogen and oxygen atoms in total. The van der Waals surface area contributed by atoms with Crippen LogP contribution >= 0.6 is 27.3 Å². The third-order valence-electron chi connectivity index (χ3n) is 2.67. The van der Waals surface area contributed by atoms with Crippen molar-refractivity contribution in [3.63, 3.8) is 0 Å². The third-order valence-corrected chi connectivity index (χ3v) is 6.56. The molecule has 0 atom stereocenters. The highest BCUT2D eigenvalue weighted by molar-refractivity contribution is 9.10. The molecule has 108 valence electrons. The normalized spacial score (nSPS) is 11.6. The lowest BCUT2D eigenvalue weighted by atomic mass is 10.3. The Balaban J connectivity index is 2.32. The average molecular weight is 377 g/mol. The quantitative estimate of drug-likeness (QED) is 0.859. The van der Waals surface area contributed by atoms with Gasteiger partial charge in [-0.25, -0.2) is 13.4 Å². The number of anilines is 1. The molecule has 2 aromatic heterocycles. The maximum Gasteiger partial charge on any atom is 0.272 e. The van der Waals surface area contributed by atoms with E-state index in [2.05, 4.69) is 25.6 Å². The van der Waals surface area contributed by atoms with E-state index in [1.54, 1.807) is 32.0 Å². The molecule has 2 aromatic rings. The van der Waals surface area contributed by atoms with Crippen LogP contribution in [0.4, 0.5) is 5.82 Å². The molecule has 0 radical (unpaired) electrons. The Morgan fingerprint density at radius 3 is 2.65 bits per heavy atom. The zero-order valence-electron chi connectivity index (χ0n) is 10.8. The molecule has 0 aliphatic carbocycles. The third kappa shape index (κ3) is 3.20. The van der Waals surface area contributed by atoms with E-state index in [0.717, 1.165) is 21.4 Å². The van der Waals surface area contributed by atoms with Crippen LogP contribution in [0.2, 0.25) is 0 Å². The van der Waals surface area contributed by atoms with Crippen LogP contribution in [0.25, 0.3) is 0 Å². The molecule has 8 heteroatoms. The molecule has 20 heavy (non-hydrogen) atoms. The van der Waals surface area contributed by atoms with Crippen LogP contribution in [-0.4, -0.2) is 18.5 Å². The van der Waals surface area contributed by atoms with E-state index < -0.39 is 10.0 Å². The topological polar surface area (TPSA) is 79.3 Å². The number of halogens is 1. The van der Waals surface area contributed by atoms with Crippen LogP contribution in [0.15, 0.2) is 26.9 Å². The van der Waals surface area contributed by atoms with E-state index in [-0.39, 0.29) is 16.6 Å². The molecule has 0 aromatic carbocycles. The van der Waals surface area contributed by atoms with Crippen molar-refractivity contribution in [2.75, 3.05) is 4.72 Å².